The van der Waals surface area contributed by atoms with E-state index in [9.17, 15) is 9.90 Å². The second kappa shape index (κ2) is 6.16. The number of amides is 1. The van der Waals surface area contributed by atoms with Gasteiger partial charge < -0.3 is 10.4 Å². The van der Waals surface area contributed by atoms with E-state index in [1.807, 2.05) is 22.6 Å². The third-order valence-electron chi connectivity index (χ3n) is 3.35. The third kappa shape index (κ3) is 3.74. The van der Waals surface area contributed by atoms with Crippen LogP contribution in [-0.2, 0) is 0 Å². The van der Waals surface area contributed by atoms with E-state index >= 15 is 0 Å². The van der Waals surface area contributed by atoms with Gasteiger partial charge in [-0.05, 0) is 47.6 Å². The lowest BCUT2D eigenvalue weighted by molar-refractivity contribution is 0.0449. The monoisotopic (exact) mass is 413 g/mol. The number of hydrogen-bond donors (Lipinski definition) is 2. The van der Waals surface area contributed by atoms with Crippen molar-refractivity contribution in [3.63, 3.8) is 0 Å². The normalized spacial score (nSPS) is 17.5. The van der Waals surface area contributed by atoms with E-state index in [2.05, 4.69) is 5.32 Å². The molecule has 1 fully saturated rings. The van der Waals surface area contributed by atoms with Gasteiger partial charge in [0.05, 0.1) is 16.2 Å². The van der Waals surface area contributed by atoms with Gasteiger partial charge in [-0.15, -0.1) is 0 Å². The number of hydrogen-bond acceptors (Lipinski definition) is 2. The van der Waals surface area contributed by atoms with E-state index in [1.165, 1.54) is 0 Å². The Labute approximate surface area is 135 Å². The van der Waals surface area contributed by atoms with E-state index in [-0.39, 0.29) is 12.5 Å². The number of halogens is 3. The molecular weight excluding hydrogens is 400 g/mol. The Hall–Kier alpha value is -0.0400. The Bertz CT molecular complexity index is 502. The number of benzene rings is 1. The molecule has 0 spiro atoms. The maximum absolute atomic E-state index is 12.1. The van der Waals surface area contributed by atoms with Crippen molar-refractivity contribution in [3.8, 4) is 0 Å². The molecule has 1 aliphatic carbocycles. The van der Waals surface area contributed by atoms with Crippen molar-refractivity contribution in [3.05, 3.63) is 31.3 Å². The maximum Gasteiger partial charge on any atom is 0.252 e. The molecule has 19 heavy (non-hydrogen) atoms. The van der Waals surface area contributed by atoms with Crippen molar-refractivity contribution < 1.29 is 9.90 Å². The minimum Gasteiger partial charge on any atom is -0.388 e. The lowest BCUT2D eigenvalue weighted by Crippen LogP contribution is -2.41. The summed E-state index contributed by atoms with van der Waals surface area (Å²) in [6.45, 7) is 0.270. The Morgan fingerprint density at radius 3 is 2.63 bits per heavy atom. The molecule has 0 saturated heterocycles. The average molecular weight is 414 g/mol. The van der Waals surface area contributed by atoms with Crippen LogP contribution >= 0.6 is 45.8 Å². The molecular formula is C13H14Cl2INO2. The first-order chi connectivity index (χ1) is 8.91. The lowest BCUT2D eigenvalue weighted by atomic mass is 10.0. The summed E-state index contributed by atoms with van der Waals surface area (Å²) >= 11 is 13.9. The molecule has 1 saturated carbocycles. The van der Waals surface area contributed by atoms with Crippen LogP contribution in [0, 0.1) is 3.57 Å². The summed E-state index contributed by atoms with van der Waals surface area (Å²) in [5.74, 6) is -0.255. The maximum atomic E-state index is 12.1. The molecule has 1 aliphatic rings. The van der Waals surface area contributed by atoms with Crippen LogP contribution < -0.4 is 5.32 Å². The fourth-order valence-corrected chi connectivity index (χ4v) is 3.32. The molecule has 1 amide bonds. The first kappa shape index (κ1) is 15.4. The molecule has 1 aromatic rings. The third-order valence-corrected chi connectivity index (χ3v) is 5.35. The number of rotatable bonds is 3. The number of nitrogens with one attached hydrogen (secondary N) is 1. The van der Waals surface area contributed by atoms with Gasteiger partial charge in [0.1, 0.15) is 0 Å². The smallest absolute Gasteiger partial charge is 0.252 e. The molecule has 0 heterocycles. The largest absolute Gasteiger partial charge is 0.388 e. The fourth-order valence-electron chi connectivity index (χ4n) is 2.27. The quantitative estimate of drug-likeness (QED) is 0.587. The summed E-state index contributed by atoms with van der Waals surface area (Å²) in [6.07, 6.45) is 3.49. The highest BCUT2D eigenvalue weighted by molar-refractivity contribution is 14.1. The predicted octanol–water partition coefficient (Wildman–Crippen LogP) is 3.63. The molecule has 2 rings (SSSR count). The second-order valence-electron chi connectivity index (χ2n) is 4.86. The highest BCUT2D eigenvalue weighted by Crippen LogP contribution is 2.29. The van der Waals surface area contributed by atoms with Gasteiger partial charge in [0.2, 0.25) is 0 Å². The van der Waals surface area contributed by atoms with Crippen molar-refractivity contribution in [2.75, 3.05) is 6.54 Å². The molecule has 0 unspecified atom stereocenters. The second-order valence-corrected chi connectivity index (χ2v) is 6.79. The van der Waals surface area contributed by atoms with Gasteiger partial charge in [0, 0.05) is 15.1 Å². The average Bonchev–Trinajstić information content (AvgIpc) is 2.78. The Balaban J connectivity index is 2.08. The molecule has 104 valence electrons. The Kier molecular flexibility index (Phi) is 4.98. The van der Waals surface area contributed by atoms with Crippen LogP contribution in [0.3, 0.4) is 0 Å². The van der Waals surface area contributed by atoms with E-state index in [4.69, 9.17) is 23.2 Å². The topological polar surface area (TPSA) is 49.3 Å². The Morgan fingerprint density at radius 1 is 1.37 bits per heavy atom. The first-order valence-corrected chi connectivity index (χ1v) is 7.90. The summed E-state index contributed by atoms with van der Waals surface area (Å²) < 4.78 is 0.666. The highest BCUT2D eigenvalue weighted by Gasteiger charge is 2.31. The van der Waals surface area contributed by atoms with Crippen molar-refractivity contribution in [2.45, 2.75) is 31.3 Å². The van der Waals surface area contributed by atoms with Crippen LogP contribution in [0.25, 0.3) is 0 Å². The van der Waals surface area contributed by atoms with Gasteiger partial charge in [0.15, 0.2) is 0 Å². The molecule has 0 radical (unpaired) electrons. The van der Waals surface area contributed by atoms with Crippen LogP contribution in [0.5, 0.6) is 0 Å². The molecule has 2 N–H and O–H groups in total. The predicted molar refractivity (Wildman–Crippen MR) is 84.9 cm³/mol. The van der Waals surface area contributed by atoms with Crippen molar-refractivity contribution in [1.82, 2.24) is 5.32 Å². The number of aliphatic hydroxyl groups is 1. The minimum absolute atomic E-state index is 0.255. The molecule has 0 atom stereocenters. The van der Waals surface area contributed by atoms with Crippen molar-refractivity contribution in [1.29, 1.82) is 0 Å². The molecule has 6 heteroatoms. The minimum atomic E-state index is -0.760. The van der Waals surface area contributed by atoms with Gasteiger partial charge in [0.25, 0.3) is 5.91 Å². The zero-order valence-electron chi connectivity index (χ0n) is 10.2. The zero-order chi connectivity index (χ0) is 14.0. The van der Waals surface area contributed by atoms with Crippen LogP contribution in [-0.4, -0.2) is 23.2 Å². The number of carbonyl (C=O) groups is 1. The Morgan fingerprint density at radius 2 is 2.00 bits per heavy atom. The molecule has 1 aromatic carbocycles. The first-order valence-electron chi connectivity index (χ1n) is 6.06. The van der Waals surface area contributed by atoms with Gasteiger partial charge >= 0.3 is 0 Å². The van der Waals surface area contributed by atoms with E-state index in [1.54, 1.807) is 12.1 Å². The van der Waals surface area contributed by atoms with Gasteiger partial charge in [-0.1, -0.05) is 36.0 Å². The van der Waals surface area contributed by atoms with Crippen molar-refractivity contribution >= 4 is 51.7 Å². The summed E-state index contributed by atoms with van der Waals surface area (Å²) in [7, 11) is 0. The van der Waals surface area contributed by atoms with Gasteiger partial charge in [-0.2, -0.15) is 0 Å². The summed E-state index contributed by atoms with van der Waals surface area (Å²) in [5, 5.41) is 13.8. The molecule has 0 aliphatic heterocycles. The van der Waals surface area contributed by atoms with E-state index < -0.39 is 5.60 Å². The zero-order valence-corrected chi connectivity index (χ0v) is 13.8. The summed E-state index contributed by atoms with van der Waals surface area (Å²) in [6, 6.07) is 3.19. The molecule has 0 aromatic heterocycles. The fraction of sp³-hybridized carbons (Fsp3) is 0.462. The van der Waals surface area contributed by atoms with Crippen molar-refractivity contribution in [2.24, 2.45) is 0 Å². The standard InChI is InChI=1S/C13H14Cl2INO2/c14-8-5-9(11(16)10(15)6-8)12(18)17-7-13(19)3-1-2-4-13/h5-6,19H,1-4,7H2,(H,17,18). The summed E-state index contributed by atoms with van der Waals surface area (Å²) in [4.78, 5) is 12.1. The number of carbonyl (C=O) groups excluding carboxylic acids is 1. The van der Waals surface area contributed by atoms with Crippen LogP contribution in [0.1, 0.15) is 36.0 Å². The molecule has 0 bridgehead atoms. The van der Waals surface area contributed by atoms with E-state index in [0.717, 1.165) is 25.7 Å². The van der Waals surface area contributed by atoms with Crippen LogP contribution in [0.2, 0.25) is 10.0 Å². The SMILES string of the molecule is O=C(NCC1(O)CCCC1)c1cc(Cl)cc(Cl)c1I. The van der Waals surface area contributed by atoms with Crippen LogP contribution in [0.4, 0.5) is 0 Å². The van der Waals surface area contributed by atoms with E-state index in [0.29, 0.717) is 19.2 Å². The van der Waals surface area contributed by atoms with Gasteiger partial charge in [-0.3, -0.25) is 4.79 Å². The van der Waals surface area contributed by atoms with Crippen LogP contribution in [0.15, 0.2) is 12.1 Å². The summed E-state index contributed by atoms with van der Waals surface area (Å²) in [5.41, 5.74) is -0.316. The van der Waals surface area contributed by atoms with Gasteiger partial charge in [-0.25, -0.2) is 0 Å². The highest BCUT2D eigenvalue weighted by atomic mass is 127. The molecule has 3 nitrogen and oxygen atoms in total. The lowest BCUT2D eigenvalue weighted by Gasteiger charge is -2.22.